The first-order chi connectivity index (χ1) is 12.2. The van der Waals surface area contributed by atoms with E-state index in [1.807, 2.05) is 12.1 Å². The molecule has 3 N–H and O–H groups in total. The highest BCUT2D eigenvalue weighted by Gasteiger charge is 2.28. The van der Waals surface area contributed by atoms with E-state index in [-0.39, 0.29) is 16.6 Å². The Morgan fingerprint density at radius 1 is 1.19 bits per heavy atom. The van der Waals surface area contributed by atoms with E-state index in [9.17, 15) is 18.5 Å². The molecule has 2 aromatic rings. The minimum absolute atomic E-state index is 0.0580. The fourth-order valence-corrected chi connectivity index (χ4v) is 5.01. The quantitative estimate of drug-likeness (QED) is 0.484. The number of benzene rings is 2. The van der Waals surface area contributed by atoms with E-state index in [2.05, 4.69) is 4.72 Å². The molecule has 0 heterocycles. The maximum absolute atomic E-state index is 12.9. The van der Waals surface area contributed by atoms with Crippen LogP contribution in [0.4, 0.5) is 11.4 Å². The third-order valence-corrected chi connectivity index (χ3v) is 6.37. The molecule has 8 heteroatoms. The van der Waals surface area contributed by atoms with Gasteiger partial charge in [-0.3, -0.25) is 10.1 Å². The van der Waals surface area contributed by atoms with Crippen LogP contribution in [0, 0.1) is 24.0 Å². The van der Waals surface area contributed by atoms with Crippen LogP contribution < -0.4 is 10.5 Å². The first-order valence-electron chi connectivity index (χ1n) is 8.35. The van der Waals surface area contributed by atoms with Gasteiger partial charge < -0.3 is 5.73 Å². The number of nitrogens with two attached hydrogens (primary N) is 1. The van der Waals surface area contributed by atoms with Crippen LogP contribution in [0.3, 0.4) is 0 Å². The van der Waals surface area contributed by atoms with Crippen molar-refractivity contribution >= 4 is 21.4 Å². The van der Waals surface area contributed by atoms with Crippen LogP contribution in [-0.4, -0.2) is 13.3 Å². The summed E-state index contributed by atoms with van der Waals surface area (Å²) in [5.74, 6) is 0. The van der Waals surface area contributed by atoms with Crippen molar-refractivity contribution in [3.05, 3.63) is 62.7 Å². The molecule has 1 unspecified atom stereocenters. The van der Waals surface area contributed by atoms with Gasteiger partial charge in [0.25, 0.3) is 5.69 Å². The van der Waals surface area contributed by atoms with Crippen molar-refractivity contribution in [3.63, 3.8) is 0 Å². The van der Waals surface area contributed by atoms with Crippen LogP contribution >= 0.6 is 0 Å². The van der Waals surface area contributed by atoms with Crippen LogP contribution in [-0.2, 0) is 16.4 Å². The third kappa shape index (κ3) is 3.42. The molecule has 7 nitrogen and oxygen atoms in total. The summed E-state index contributed by atoms with van der Waals surface area (Å²) in [6.45, 7) is 3.23. The second kappa shape index (κ2) is 6.69. The van der Waals surface area contributed by atoms with Crippen LogP contribution in [0.15, 0.2) is 35.2 Å². The fraction of sp³-hybridized carbons (Fsp3) is 0.333. The molecule has 0 radical (unpaired) electrons. The van der Waals surface area contributed by atoms with Crippen molar-refractivity contribution < 1.29 is 13.3 Å². The zero-order valence-electron chi connectivity index (χ0n) is 14.7. The molecule has 2 aromatic carbocycles. The summed E-state index contributed by atoms with van der Waals surface area (Å²) in [5, 5.41) is 11.2. The van der Waals surface area contributed by atoms with E-state index in [1.54, 1.807) is 19.9 Å². The highest BCUT2D eigenvalue weighted by molar-refractivity contribution is 7.89. The summed E-state index contributed by atoms with van der Waals surface area (Å²) in [5.41, 5.74) is 9.13. The van der Waals surface area contributed by atoms with Crippen molar-refractivity contribution in [2.24, 2.45) is 0 Å². The smallest absolute Gasteiger partial charge is 0.273 e. The normalized spacial score (nSPS) is 16.9. The highest BCUT2D eigenvalue weighted by Crippen LogP contribution is 2.33. The van der Waals surface area contributed by atoms with Gasteiger partial charge in [-0.25, -0.2) is 13.1 Å². The van der Waals surface area contributed by atoms with Gasteiger partial charge in [0.15, 0.2) is 0 Å². The van der Waals surface area contributed by atoms with Gasteiger partial charge in [-0.15, -0.1) is 0 Å². The summed E-state index contributed by atoms with van der Waals surface area (Å²) in [7, 11) is -3.90. The third-order valence-electron chi connectivity index (χ3n) is 4.76. The molecule has 0 aromatic heterocycles. The molecule has 0 aliphatic heterocycles. The summed E-state index contributed by atoms with van der Waals surface area (Å²) in [4.78, 5) is 10.6. The Kier molecular flexibility index (Phi) is 4.72. The van der Waals surface area contributed by atoms with Gasteiger partial charge in [-0.05, 0) is 68.0 Å². The lowest BCUT2D eigenvalue weighted by Gasteiger charge is -2.26. The minimum Gasteiger partial charge on any atom is -0.399 e. The molecule has 0 spiro atoms. The molecular formula is C18H21N3O4S. The number of nitrogen functional groups attached to an aromatic ring is 1. The van der Waals surface area contributed by atoms with Crippen LogP contribution in [0.1, 0.15) is 41.1 Å². The number of hydrogen-bond donors (Lipinski definition) is 2. The SMILES string of the molecule is Cc1cc(C)c(S(=O)(=O)NC2CCCc3cc(N)ccc32)cc1[N+](=O)[O-]. The van der Waals surface area contributed by atoms with Crippen LogP contribution in [0.25, 0.3) is 0 Å². The zero-order valence-corrected chi connectivity index (χ0v) is 15.5. The second-order valence-corrected chi connectivity index (χ2v) is 8.37. The molecule has 138 valence electrons. The van der Waals surface area contributed by atoms with Crippen molar-refractivity contribution in [1.82, 2.24) is 4.72 Å². The van der Waals surface area contributed by atoms with E-state index in [1.165, 1.54) is 6.07 Å². The summed E-state index contributed by atoms with van der Waals surface area (Å²) in [6, 6.07) is 7.78. The van der Waals surface area contributed by atoms with E-state index < -0.39 is 14.9 Å². The highest BCUT2D eigenvalue weighted by atomic mass is 32.2. The Morgan fingerprint density at radius 3 is 2.62 bits per heavy atom. The average molecular weight is 375 g/mol. The molecule has 1 aliphatic rings. The molecular weight excluding hydrogens is 354 g/mol. The number of hydrogen-bond acceptors (Lipinski definition) is 5. The van der Waals surface area contributed by atoms with Gasteiger partial charge in [0.05, 0.1) is 9.82 Å². The lowest BCUT2D eigenvalue weighted by molar-refractivity contribution is -0.385. The Morgan fingerprint density at radius 2 is 1.92 bits per heavy atom. The van der Waals surface area contributed by atoms with Gasteiger partial charge in [0, 0.05) is 23.4 Å². The Hall–Kier alpha value is -2.45. The standard InChI is InChI=1S/C18H21N3O4S/c1-11-8-12(2)18(10-17(11)21(22)23)26(24,25)20-16-5-3-4-13-9-14(19)6-7-15(13)16/h6-10,16,20H,3-5,19H2,1-2H3. The zero-order chi connectivity index (χ0) is 19.1. The fourth-order valence-electron chi connectivity index (χ4n) is 3.52. The number of rotatable bonds is 4. The van der Waals surface area contributed by atoms with Gasteiger partial charge in [0.1, 0.15) is 0 Å². The molecule has 1 aliphatic carbocycles. The average Bonchev–Trinajstić information content (AvgIpc) is 2.53. The van der Waals surface area contributed by atoms with Crippen molar-refractivity contribution in [2.75, 3.05) is 5.73 Å². The van der Waals surface area contributed by atoms with E-state index >= 15 is 0 Å². The summed E-state index contributed by atoms with van der Waals surface area (Å²) >= 11 is 0. The van der Waals surface area contributed by atoms with Gasteiger partial charge in [-0.1, -0.05) is 6.07 Å². The molecule has 0 fully saturated rings. The molecule has 0 amide bonds. The molecule has 1 atom stereocenters. The first kappa shape index (κ1) is 18.3. The summed E-state index contributed by atoms with van der Waals surface area (Å²) in [6.07, 6.45) is 2.37. The molecule has 0 bridgehead atoms. The van der Waals surface area contributed by atoms with Crippen molar-refractivity contribution in [1.29, 1.82) is 0 Å². The predicted octanol–water partition coefficient (Wildman–Crippen LogP) is 3.15. The number of nitrogens with zero attached hydrogens (tertiary/aromatic N) is 1. The van der Waals surface area contributed by atoms with Crippen LogP contribution in [0.5, 0.6) is 0 Å². The Bertz CT molecular complexity index is 986. The van der Waals surface area contributed by atoms with Crippen molar-refractivity contribution in [2.45, 2.75) is 44.0 Å². The second-order valence-electron chi connectivity index (χ2n) is 6.69. The monoisotopic (exact) mass is 375 g/mol. The number of nitrogens with one attached hydrogen (secondary N) is 1. The number of aryl methyl sites for hydroxylation is 3. The number of anilines is 1. The lowest BCUT2D eigenvalue weighted by atomic mass is 9.88. The number of sulfonamides is 1. The topological polar surface area (TPSA) is 115 Å². The molecule has 3 rings (SSSR count). The predicted molar refractivity (Wildman–Crippen MR) is 99.4 cm³/mol. The number of nitro groups is 1. The molecule has 0 saturated carbocycles. The summed E-state index contributed by atoms with van der Waals surface area (Å²) < 4.78 is 28.6. The van der Waals surface area contributed by atoms with E-state index in [4.69, 9.17) is 5.73 Å². The Labute approximate surface area is 152 Å². The maximum atomic E-state index is 12.9. The van der Waals surface area contributed by atoms with E-state index in [0.717, 1.165) is 30.0 Å². The lowest BCUT2D eigenvalue weighted by Crippen LogP contribution is -2.31. The van der Waals surface area contributed by atoms with Gasteiger partial charge >= 0.3 is 0 Å². The van der Waals surface area contributed by atoms with Gasteiger partial charge in [0.2, 0.25) is 10.0 Å². The molecule has 26 heavy (non-hydrogen) atoms. The van der Waals surface area contributed by atoms with Crippen LogP contribution in [0.2, 0.25) is 0 Å². The van der Waals surface area contributed by atoms with Gasteiger partial charge in [-0.2, -0.15) is 0 Å². The van der Waals surface area contributed by atoms with E-state index in [0.29, 0.717) is 23.2 Å². The molecule has 0 saturated heterocycles. The maximum Gasteiger partial charge on any atom is 0.273 e. The number of nitro benzene ring substituents is 1. The Balaban J connectivity index is 1.99. The van der Waals surface area contributed by atoms with Crippen molar-refractivity contribution in [3.8, 4) is 0 Å². The first-order valence-corrected chi connectivity index (χ1v) is 9.83. The largest absolute Gasteiger partial charge is 0.399 e. The minimum atomic E-state index is -3.90. The number of fused-ring (bicyclic) bond motifs is 1.